The van der Waals surface area contributed by atoms with Crippen molar-refractivity contribution in [3.8, 4) is 23.0 Å². The lowest BCUT2D eigenvalue weighted by Crippen LogP contribution is -2.01. The predicted molar refractivity (Wildman–Crippen MR) is 106 cm³/mol. The Bertz CT molecular complexity index is 1020. The molecule has 0 bridgehead atoms. The van der Waals surface area contributed by atoms with Crippen LogP contribution in [0.15, 0.2) is 48.6 Å². The lowest BCUT2D eigenvalue weighted by atomic mass is 10.1. The topological polar surface area (TPSA) is 129 Å². The third kappa shape index (κ3) is 6.50. The lowest BCUT2D eigenvalue weighted by Gasteiger charge is -2.03. The second-order valence-electron chi connectivity index (χ2n) is 5.77. The summed E-state index contributed by atoms with van der Waals surface area (Å²) in [4.78, 5) is 26.6. The van der Waals surface area contributed by atoms with E-state index in [9.17, 15) is 19.8 Å². The van der Waals surface area contributed by atoms with Crippen LogP contribution in [0.3, 0.4) is 0 Å². The summed E-state index contributed by atoms with van der Waals surface area (Å²) < 4.78 is 9.89. The number of hydrogen-bond donors (Lipinski definition) is 2. The smallest absolute Gasteiger partial charge is 0.443 e. The second kappa shape index (κ2) is 10.2. The van der Waals surface area contributed by atoms with Gasteiger partial charge < -0.3 is 25.2 Å². The van der Waals surface area contributed by atoms with Crippen LogP contribution in [0.4, 0.5) is 0 Å². The van der Waals surface area contributed by atoms with Crippen LogP contribution in [-0.2, 0) is 9.59 Å². The molecule has 0 fully saturated rings. The van der Waals surface area contributed by atoms with Gasteiger partial charge in [-0.25, -0.2) is 0 Å². The average molecular weight is 394 g/mol. The zero-order valence-electron chi connectivity index (χ0n) is 15.5. The summed E-state index contributed by atoms with van der Waals surface area (Å²) in [5.41, 5.74) is 9.53. The molecular weight excluding hydrogens is 376 g/mol. The number of hydrogen-bond acceptors (Lipinski definition) is 6. The van der Waals surface area contributed by atoms with Crippen LogP contribution < -0.4 is 9.47 Å². The Kier molecular flexibility index (Phi) is 7.47. The minimum Gasteiger partial charge on any atom is -0.504 e. The molecule has 29 heavy (non-hydrogen) atoms. The Morgan fingerprint density at radius 2 is 1.48 bits per heavy atom. The number of benzene rings is 2. The summed E-state index contributed by atoms with van der Waals surface area (Å²) in [6.07, 6.45) is 5.92. The van der Waals surface area contributed by atoms with Crippen LogP contribution in [0.5, 0.6) is 23.0 Å². The minimum absolute atomic E-state index is 0.0114. The van der Waals surface area contributed by atoms with E-state index in [2.05, 4.69) is 4.79 Å². The van der Waals surface area contributed by atoms with Gasteiger partial charge >= 0.3 is 6.40 Å². The first-order valence-corrected chi connectivity index (χ1v) is 8.37. The van der Waals surface area contributed by atoms with Gasteiger partial charge in [0.05, 0.1) is 13.5 Å². The first-order valence-electron chi connectivity index (χ1n) is 8.37. The molecule has 0 unspecified atom stereocenters. The normalized spacial score (nSPS) is 10.7. The quantitative estimate of drug-likeness (QED) is 0.168. The highest BCUT2D eigenvalue weighted by Gasteiger charge is 2.06. The Morgan fingerprint density at radius 1 is 0.966 bits per heavy atom. The number of aromatic hydroxyl groups is 2. The first kappa shape index (κ1) is 21.1. The second-order valence-corrected chi connectivity index (χ2v) is 5.77. The van der Waals surface area contributed by atoms with Gasteiger partial charge in [0.15, 0.2) is 34.6 Å². The SMILES string of the molecule is COc1cc(/C=C/C(=O)CC(=O)/C=C/c2ccc(O)c(OC=[N+]=[N-])c2)ccc1O. The van der Waals surface area contributed by atoms with Crippen LogP contribution in [0.2, 0.25) is 0 Å². The van der Waals surface area contributed by atoms with Crippen LogP contribution in [0.25, 0.3) is 17.7 Å². The number of carbonyl (C=O) groups excluding carboxylic acids is 2. The van der Waals surface area contributed by atoms with Crippen molar-refractivity contribution >= 4 is 30.1 Å². The third-order valence-electron chi connectivity index (χ3n) is 3.69. The van der Waals surface area contributed by atoms with E-state index < -0.39 is 5.78 Å². The van der Waals surface area contributed by atoms with Crippen LogP contribution in [0, 0.1) is 0 Å². The van der Waals surface area contributed by atoms with Gasteiger partial charge in [0.1, 0.15) is 0 Å². The van der Waals surface area contributed by atoms with E-state index in [4.69, 9.17) is 15.0 Å². The van der Waals surface area contributed by atoms with E-state index in [0.717, 1.165) is 6.40 Å². The number of phenolic OH excluding ortho intramolecular Hbond substituents is 2. The largest absolute Gasteiger partial charge is 0.504 e. The average Bonchev–Trinajstić information content (AvgIpc) is 2.71. The van der Waals surface area contributed by atoms with Crippen LogP contribution in [-0.4, -0.2) is 40.1 Å². The van der Waals surface area contributed by atoms with E-state index in [1.54, 1.807) is 18.2 Å². The van der Waals surface area contributed by atoms with Crippen molar-refractivity contribution in [2.24, 2.45) is 0 Å². The fraction of sp³-hybridized carbons (Fsp3) is 0.0952. The maximum absolute atomic E-state index is 12.0. The van der Waals surface area contributed by atoms with Crippen molar-refractivity contribution in [2.45, 2.75) is 6.42 Å². The summed E-state index contributed by atoms with van der Waals surface area (Å²) in [6, 6.07) is 8.94. The zero-order chi connectivity index (χ0) is 21.2. The van der Waals surface area contributed by atoms with Gasteiger partial charge in [-0.2, -0.15) is 0 Å². The molecule has 2 aromatic carbocycles. The summed E-state index contributed by atoms with van der Waals surface area (Å²) in [5.74, 6) is -0.653. The Balaban J connectivity index is 1.98. The molecule has 0 atom stereocenters. The van der Waals surface area contributed by atoms with E-state index >= 15 is 0 Å². The highest BCUT2D eigenvalue weighted by Crippen LogP contribution is 2.27. The maximum atomic E-state index is 12.0. The van der Waals surface area contributed by atoms with Crippen LogP contribution >= 0.6 is 0 Å². The summed E-state index contributed by atoms with van der Waals surface area (Å²) in [5, 5.41) is 19.2. The molecule has 0 radical (unpaired) electrons. The van der Waals surface area contributed by atoms with Crippen molar-refractivity contribution in [3.05, 3.63) is 65.2 Å². The molecule has 0 saturated heterocycles. The molecule has 0 spiro atoms. The lowest BCUT2D eigenvalue weighted by molar-refractivity contribution is -0.121. The predicted octanol–water partition coefficient (Wildman–Crippen LogP) is 3.00. The molecule has 8 nitrogen and oxygen atoms in total. The molecule has 0 aromatic heterocycles. The molecule has 148 valence electrons. The van der Waals surface area contributed by atoms with Gasteiger partial charge in [0, 0.05) is 0 Å². The molecule has 0 amide bonds. The van der Waals surface area contributed by atoms with E-state index in [0.29, 0.717) is 11.1 Å². The van der Waals surface area contributed by atoms with E-state index in [-0.39, 0.29) is 35.2 Å². The molecule has 0 aliphatic carbocycles. The third-order valence-corrected chi connectivity index (χ3v) is 3.69. The van der Waals surface area contributed by atoms with Gasteiger partial charge in [-0.3, -0.25) is 9.59 Å². The van der Waals surface area contributed by atoms with Gasteiger partial charge in [-0.05, 0) is 47.5 Å². The van der Waals surface area contributed by atoms with Gasteiger partial charge in [0.2, 0.25) is 0 Å². The van der Waals surface area contributed by atoms with Crippen molar-refractivity contribution < 1.29 is 34.1 Å². The van der Waals surface area contributed by atoms with Gasteiger partial charge in [-0.1, -0.05) is 24.3 Å². The molecule has 2 N–H and O–H groups in total. The Labute approximate surface area is 166 Å². The number of carbonyl (C=O) groups is 2. The summed E-state index contributed by atoms with van der Waals surface area (Å²) in [6.45, 7) is 0. The molecule has 0 aliphatic rings. The number of phenols is 2. The molecule has 0 heterocycles. The molecule has 8 heteroatoms. The molecule has 0 saturated carbocycles. The number of ketones is 2. The number of methoxy groups -OCH3 is 1. The fourth-order valence-electron chi connectivity index (χ4n) is 2.27. The fourth-order valence-corrected chi connectivity index (χ4v) is 2.27. The van der Waals surface area contributed by atoms with Crippen molar-refractivity contribution in [1.82, 2.24) is 0 Å². The molecule has 2 rings (SSSR count). The maximum Gasteiger partial charge on any atom is 0.443 e. The highest BCUT2D eigenvalue weighted by molar-refractivity contribution is 6.10. The van der Waals surface area contributed by atoms with Gasteiger partial charge in [0.25, 0.3) is 0 Å². The Morgan fingerprint density at radius 3 is 2.00 bits per heavy atom. The number of rotatable bonds is 9. The highest BCUT2D eigenvalue weighted by atomic mass is 16.5. The van der Waals surface area contributed by atoms with Crippen molar-refractivity contribution in [3.63, 3.8) is 0 Å². The van der Waals surface area contributed by atoms with Crippen molar-refractivity contribution in [2.75, 3.05) is 7.11 Å². The van der Waals surface area contributed by atoms with Gasteiger partial charge in [-0.15, -0.1) is 4.79 Å². The number of nitrogens with zero attached hydrogens (tertiary/aromatic N) is 2. The monoisotopic (exact) mass is 394 g/mol. The van der Waals surface area contributed by atoms with Crippen LogP contribution in [0.1, 0.15) is 17.5 Å². The minimum atomic E-state index is -0.407. The summed E-state index contributed by atoms with van der Waals surface area (Å²) >= 11 is 0. The summed E-state index contributed by atoms with van der Waals surface area (Å²) in [7, 11) is 1.42. The molecular formula is C21H18N2O6. The molecule has 2 aromatic rings. The van der Waals surface area contributed by atoms with E-state index in [1.165, 1.54) is 49.6 Å². The Hall–Kier alpha value is -4.16. The van der Waals surface area contributed by atoms with Crippen molar-refractivity contribution in [1.29, 1.82) is 0 Å². The standard InChI is InChI=1S/C21H18N2O6/c1-28-20-10-14(4-8-18(20)26)2-6-16(24)12-17(25)7-3-15-5-9-19(27)21(11-15)29-13-23-22/h2-11,13,26-27H,12H2,1H3/b6-2+,7-3+. The molecule has 0 aliphatic heterocycles. The number of allylic oxidation sites excluding steroid dienone is 2. The first-order chi connectivity index (χ1) is 13.9. The zero-order valence-corrected chi connectivity index (χ0v) is 15.5. The van der Waals surface area contributed by atoms with E-state index in [1.807, 2.05) is 0 Å². The number of ether oxygens (including phenoxy) is 2.